The molecular weight excluding hydrogens is 382 g/mol. The van der Waals surface area contributed by atoms with Gasteiger partial charge < -0.3 is 10.2 Å². The van der Waals surface area contributed by atoms with E-state index in [2.05, 4.69) is 51.8 Å². The van der Waals surface area contributed by atoms with E-state index in [1.165, 1.54) is 5.56 Å². The highest BCUT2D eigenvalue weighted by molar-refractivity contribution is 7.71. The van der Waals surface area contributed by atoms with Crippen molar-refractivity contribution in [1.29, 1.82) is 0 Å². The maximum atomic E-state index is 5.87. The van der Waals surface area contributed by atoms with Crippen molar-refractivity contribution in [2.75, 3.05) is 5.43 Å². The van der Waals surface area contributed by atoms with Crippen molar-refractivity contribution in [2.24, 2.45) is 0 Å². The van der Waals surface area contributed by atoms with E-state index in [-0.39, 0.29) is 0 Å². The number of aromatic nitrogens is 4. The van der Waals surface area contributed by atoms with Crippen molar-refractivity contribution >= 4 is 12.2 Å². The summed E-state index contributed by atoms with van der Waals surface area (Å²) in [5.41, 5.74) is 7.75. The molecule has 0 unspecified atom stereocenters. The molecule has 0 radical (unpaired) electrons. The van der Waals surface area contributed by atoms with Gasteiger partial charge >= 0.3 is 0 Å². The van der Waals surface area contributed by atoms with E-state index in [0.29, 0.717) is 17.9 Å². The third kappa shape index (κ3) is 4.70. The summed E-state index contributed by atoms with van der Waals surface area (Å²) in [4.78, 5) is 4.04. The van der Waals surface area contributed by atoms with E-state index in [0.717, 1.165) is 28.3 Å². The molecule has 0 saturated carbocycles. The van der Waals surface area contributed by atoms with E-state index in [1.54, 1.807) is 17.1 Å². The van der Waals surface area contributed by atoms with Crippen LogP contribution in [0.2, 0.25) is 0 Å². The Labute approximate surface area is 174 Å². The summed E-state index contributed by atoms with van der Waals surface area (Å²) in [5.74, 6) is 1.56. The van der Waals surface area contributed by atoms with Crippen LogP contribution in [0.25, 0.3) is 11.4 Å². The maximum absolute atomic E-state index is 5.87. The van der Waals surface area contributed by atoms with Gasteiger partial charge in [-0.25, -0.2) is 9.77 Å². The summed E-state index contributed by atoms with van der Waals surface area (Å²) in [5, 5.41) is 7.14. The van der Waals surface area contributed by atoms with Crippen LogP contribution in [-0.4, -0.2) is 19.9 Å². The molecule has 2 N–H and O–H groups in total. The second-order valence-electron chi connectivity index (χ2n) is 6.68. The number of ether oxygens (including phenoxy) is 1. The molecule has 4 rings (SSSR count). The Bertz CT molecular complexity index is 1120. The standard InChI is InChI=1S/C22H21N5OS/c1-16-2-4-18(5-3-16)15-28-20-8-6-17(7-9-20)14-24-27-21(25-26-22(27)29)19-10-12-23-13-11-19/h2-13,24H,14-15H2,1H3,(H,26,29). The Morgan fingerprint density at radius 2 is 1.66 bits per heavy atom. The molecule has 4 aromatic rings. The van der Waals surface area contributed by atoms with Crippen LogP contribution in [0.1, 0.15) is 16.7 Å². The van der Waals surface area contributed by atoms with Crippen molar-refractivity contribution in [3.05, 3.63) is 94.5 Å². The van der Waals surface area contributed by atoms with Gasteiger partial charge in [-0.3, -0.25) is 4.98 Å². The van der Waals surface area contributed by atoms with E-state index in [1.807, 2.05) is 36.4 Å². The fourth-order valence-corrected chi connectivity index (χ4v) is 3.06. The van der Waals surface area contributed by atoms with Crippen molar-refractivity contribution in [3.8, 4) is 17.1 Å². The molecule has 0 aliphatic rings. The van der Waals surface area contributed by atoms with Crippen LogP contribution in [0, 0.1) is 11.7 Å². The number of pyridine rings is 1. The van der Waals surface area contributed by atoms with Gasteiger partial charge in [-0.1, -0.05) is 42.0 Å². The summed E-state index contributed by atoms with van der Waals surface area (Å²) >= 11 is 5.34. The zero-order valence-electron chi connectivity index (χ0n) is 16.0. The molecule has 0 bridgehead atoms. The number of aryl methyl sites for hydroxylation is 1. The first-order valence-electron chi connectivity index (χ1n) is 9.28. The van der Waals surface area contributed by atoms with E-state index in [9.17, 15) is 0 Å². The number of rotatable bonds is 7. The summed E-state index contributed by atoms with van der Waals surface area (Å²) in [6.45, 7) is 3.23. The molecule has 0 saturated heterocycles. The van der Waals surface area contributed by atoms with Crippen LogP contribution in [0.4, 0.5) is 0 Å². The van der Waals surface area contributed by atoms with Crippen LogP contribution in [0.3, 0.4) is 0 Å². The second kappa shape index (κ2) is 8.70. The molecule has 2 aromatic heterocycles. The number of nitrogens with zero attached hydrogens (tertiary/aromatic N) is 3. The number of hydrogen-bond acceptors (Lipinski definition) is 5. The monoisotopic (exact) mass is 403 g/mol. The quantitative estimate of drug-likeness (QED) is 0.440. The summed E-state index contributed by atoms with van der Waals surface area (Å²) in [6, 6.07) is 20.2. The van der Waals surface area contributed by atoms with Gasteiger partial charge in [-0.2, -0.15) is 5.10 Å². The number of hydrogen-bond donors (Lipinski definition) is 2. The molecule has 0 aliphatic heterocycles. The van der Waals surface area contributed by atoms with Crippen LogP contribution >= 0.6 is 12.2 Å². The molecule has 7 heteroatoms. The number of H-pyrrole nitrogens is 1. The average Bonchev–Trinajstić information content (AvgIpc) is 3.13. The molecule has 0 spiro atoms. The lowest BCUT2D eigenvalue weighted by Gasteiger charge is -2.11. The van der Waals surface area contributed by atoms with Crippen molar-refractivity contribution in [3.63, 3.8) is 0 Å². The fraction of sp³-hybridized carbons (Fsp3) is 0.136. The lowest BCUT2D eigenvalue weighted by atomic mass is 10.2. The van der Waals surface area contributed by atoms with Crippen LogP contribution < -0.4 is 10.2 Å². The molecule has 6 nitrogen and oxygen atoms in total. The first-order valence-corrected chi connectivity index (χ1v) is 9.69. The van der Waals surface area contributed by atoms with Gasteiger partial charge in [-0.05, 0) is 54.5 Å². The van der Waals surface area contributed by atoms with Crippen LogP contribution in [-0.2, 0) is 13.2 Å². The zero-order chi connectivity index (χ0) is 20.1. The Kier molecular flexibility index (Phi) is 5.67. The molecule has 2 heterocycles. The predicted octanol–water partition coefficient (Wildman–Crippen LogP) is 4.63. The van der Waals surface area contributed by atoms with E-state index in [4.69, 9.17) is 17.0 Å². The minimum Gasteiger partial charge on any atom is -0.489 e. The first kappa shape index (κ1) is 18.9. The fourth-order valence-electron chi connectivity index (χ4n) is 2.86. The van der Waals surface area contributed by atoms with Gasteiger partial charge in [0.15, 0.2) is 5.82 Å². The number of aromatic amines is 1. The molecule has 0 atom stereocenters. The van der Waals surface area contributed by atoms with Crippen molar-refractivity contribution in [2.45, 2.75) is 20.1 Å². The maximum Gasteiger partial charge on any atom is 0.214 e. The highest BCUT2D eigenvalue weighted by Gasteiger charge is 2.08. The molecular formula is C22H21N5OS. The number of nitrogens with one attached hydrogen (secondary N) is 2. The first-order chi connectivity index (χ1) is 14.2. The molecule has 0 amide bonds. The van der Waals surface area contributed by atoms with E-state index < -0.39 is 0 Å². The lowest BCUT2D eigenvalue weighted by molar-refractivity contribution is 0.306. The predicted molar refractivity (Wildman–Crippen MR) is 116 cm³/mol. The highest BCUT2D eigenvalue weighted by atomic mass is 32.1. The summed E-state index contributed by atoms with van der Waals surface area (Å²) in [6.07, 6.45) is 3.46. The largest absolute Gasteiger partial charge is 0.489 e. The second-order valence-corrected chi connectivity index (χ2v) is 7.06. The highest BCUT2D eigenvalue weighted by Crippen LogP contribution is 2.17. The molecule has 0 fully saturated rings. The Morgan fingerprint density at radius 3 is 2.38 bits per heavy atom. The molecule has 0 aliphatic carbocycles. The third-order valence-electron chi connectivity index (χ3n) is 4.50. The van der Waals surface area contributed by atoms with Crippen molar-refractivity contribution in [1.82, 2.24) is 19.9 Å². The molecule has 146 valence electrons. The minimum absolute atomic E-state index is 0.509. The van der Waals surface area contributed by atoms with Gasteiger partial charge in [0, 0.05) is 18.0 Å². The Balaban J connectivity index is 1.38. The van der Waals surface area contributed by atoms with Crippen LogP contribution in [0.5, 0.6) is 5.75 Å². The van der Waals surface area contributed by atoms with Gasteiger partial charge in [0.1, 0.15) is 12.4 Å². The van der Waals surface area contributed by atoms with Gasteiger partial charge in [0.2, 0.25) is 4.77 Å². The SMILES string of the molecule is Cc1ccc(COc2ccc(CNn3c(-c4ccncc4)n[nH]c3=S)cc2)cc1. The zero-order valence-corrected chi connectivity index (χ0v) is 16.8. The van der Waals surface area contributed by atoms with Crippen molar-refractivity contribution < 1.29 is 4.74 Å². The summed E-state index contributed by atoms with van der Waals surface area (Å²) < 4.78 is 8.15. The molecule has 2 aromatic carbocycles. The summed E-state index contributed by atoms with van der Waals surface area (Å²) in [7, 11) is 0. The van der Waals surface area contributed by atoms with E-state index >= 15 is 0 Å². The molecule has 29 heavy (non-hydrogen) atoms. The average molecular weight is 404 g/mol. The topological polar surface area (TPSA) is 67.8 Å². The lowest BCUT2D eigenvalue weighted by Crippen LogP contribution is -2.15. The van der Waals surface area contributed by atoms with Gasteiger partial charge in [0.25, 0.3) is 0 Å². The smallest absolute Gasteiger partial charge is 0.214 e. The van der Waals surface area contributed by atoms with Gasteiger partial charge in [-0.15, -0.1) is 0 Å². The normalized spacial score (nSPS) is 10.7. The van der Waals surface area contributed by atoms with Gasteiger partial charge in [0.05, 0.1) is 6.54 Å². The number of benzene rings is 2. The Hall–Kier alpha value is -3.45. The Morgan fingerprint density at radius 1 is 0.966 bits per heavy atom. The minimum atomic E-state index is 0.509. The third-order valence-corrected chi connectivity index (χ3v) is 4.78. The van der Waals surface area contributed by atoms with Crippen LogP contribution in [0.15, 0.2) is 73.1 Å².